The molecule has 0 aliphatic carbocycles. The number of amides is 1. The molecule has 1 aromatic carbocycles. The van der Waals surface area contributed by atoms with Gasteiger partial charge in [-0.1, -0.05) is 12.1 Å². The fourth-order valence-corrected chi connectivity index (χ4v) is 3.75. The van der Waals surface area contributed by atoms with Gasteiger partial charge in [0, 0.05) is 11.3 Å². The van der Waals surface area contributed by atoms with Gasteiger partial charge in [-0.2, -0.15) is 18.3 Å². The van der Waals surface area contributed by atoms with Gasteiger partial charge >= 0.3 is 6.18 Å². The van der Waals surface area contributed by atoms with Gasteiger partial charge in [-0.15, -0.1) is 0 Å². The lowest BCUT2D eigenvalue weighted by atomic mass is 10.1. The van der Waals surface area contributed by atoms with Gasteiger partial charge in [0.25, 0.3) is 5.91 Å². The fourth-order valence-electron chi connectivity index (χ4n) is 2.92. The van der Waals surface area contributed by atoms with Gasteiger partial charge < -0.3 is 9.73 Å². The van der Waals surface area contributed by atoms with Gasteiger partial charge in [-0.05, 0) is 69.1 Å². The normalized spacial score (nSPS) is 11.7. The van der Waals surface area contributed by atoms with Gasteiger partial charge in [0.15, 0.2) is 33.2 Å². The molecule has 0 aliphatic heterocycles. The van der Waals surface area contributed by atoms with E-state index in [2.05, 4.69) is 47.3 Å². The molecule has 12 heteroatoms. The van der Waals surface area contributed by atoms with Crippen LogP contribution in [0.4, 0.5) is 18.9 Å². The summed E-state index contributed by atoms with van der Waals surface area (Å²) in [5.41, 5.74) is -1.09. The Labute approximate surface area is 194 Å². The highest BCUT2D eigenvalue weighted by Gasteiger charge is 2.37. The number of rotatable bonds is 4. The predicted octanol–water partition coefficient (Wildman–Crippen LogP) is 5.99. The summed E-state index contributed by atoms with van der Waals surface area (Å²) >= 11 is 6.25. The van der Waals surface area contributed by atoms with Gasteiger partial charge in [0.1, 0.15) is 5.69 Å². The van der Waals surface area contributed by atoms with E-state index in [4.69, 9.17) is 4.42 Å². The minimum absolute atomic E-state index is 0.0318. The lowest BCUT2D eigenvalue weighted by Crippen LogP contribution is -2.16. The van der Waals surface area contributed by atoms with Crippen molar-refractivity contribution in [1.29, 1.82) is 0 Å². The number of furan rings is 1. The first kappa shape index (κ1) is 22.2. The second kappa shape index (κ2) is 8.17. The molecule has 3 aromatic heterocycles. The summed E-state index contributed by atoms with van der Waals surface area (Å²) in [5.74, 6) is -0.880. The van der Waals surface area contributed by atoms with Crippen molar-refractivity contribution in [2.24, 2.45) is 0 Å². The SMILES string of the molecule is CC(=O)c1cccc(NC(=O)c2nn3c(C(F)(F)F)cc(-c4ccc(Br)o4)nc3c2Br)c1. The zero-order valence-electron chi connectivity index (χ0n) is 16.0. The number of anilines is 1. The highest BCUT2D eigenvalue weighted by molar-refractivity contribution is 9.10. The molecule has 1 amide bonds. The van der Waals surface area contributed by atoms with Crippen molar-refractivity contribution in [3.63, 3.8) is 0 Å². The second-order valence-corrected chi connectivity index (χ2v) is 8.19. The molecule has 4 aromatic rings. The van der Waals surface area contributed by atoms with Gasteiger partial charge in [-0.25, -0.2) is 9.50 Å². The topological polar surface area (TPSA) is 89.5 Å². The molecular weight excluding hydrogens is 561 g/mol. The molecule has 1 N–H and O–H groups in total. The highest BCUT2D eigenvalue weighted by atomic mass is 79.9. The van der Waals surface area contributed by atoms with Crippen LogP contribution in [0.25, 0.3) is 17.1 Å². The Kier molecular flexibility index (Phi) is 5.67. The van der Waals surface area contributed by atoms with Crippen molar-refractivity contribution in [2.45, 2.75) is 13.1 Å². The van der Waals surface area contributed by atoms with Crippen LogP contribution in [0.1, 0.15) is 33.5 Å². The van der Waals surface area contributed by atoms with E-state index in [1.165, 1.54) is 25.1 Å². The highest BCUT2D eigenvalue weighted by Crippen LogP contribution is 2.35. The molecule has 4 rings (SSSR count). The first-order chi connectivity index (χ1) is 15.0. The maximum atomic E-state index is 13.8. The molecule has 0 radical (unpaired) electrons. The number of aromatic nitrogens is 3. The number of benzene rings is 1. The van der Waals surface area contributed by atoms with E-state index < -0.39 is 17.8 Å². The van der Waals surface area contributed by atoms with E-state index in [1.54, 1.807) is 18.2 Å². The van der Waals surface area contributed by atoms with Crippen LogP contribution >= 0.6 is 31.9 Å². The molecule has 0 saturated carbocycles. The number of hydrogen-bond acceptors (Lipinski definition) is 5. The molecule has 0 fully saturated rings. The Hall–Kier alpha value is -2.99. The van der Waals surface area contributed by atoms with Crippen LogP contribution < -0.4 is 5.32 Å². The van der Waals surface area contributed by atoms with Gasteiger partial charge in [0.05, 0.1) is 4.47 Å². The molecule has 3 heterocycles. The molecule has 0 atom stereocenters. The van der Waals surface area contributed by atoms with Crippen LogP contribution in [0.5, 0.6) is 0 Å². The van der Waals surface area contributed by atoms with Crippen molar-refractivity contribution in [3.05, 3.63) is 68.6 Å². The second-order valence-electron chi connectivity index (χ2n) is 6.62. The Bertz CT molecular complexity index is 1380. The quantitative estimate of drug-likeness (QED) is 0.304. The van der Waals surface area contributed by atoms with E-state index in [9.17, 15) is 22.8 Å². The molecule has 0 spiro atoms. The molecule has 164 valence electrons. The molecule has 0 unspecified atom stereocenters. The maximum absolute atomic E-state index is 13.8. The third kappa shape index (κ3) is 4.19. The van der Waals surface area contributed by atoms with Crippen molar-refractivity contribution in [1.82, 2.24) is 14.6 Å². The van der Waals surface area contributed by atoms with Crippen molar-refractivity contribution >= 4 is 54.9 Å². The molecule has 32 heavy (non-hydrogen) atoms. The van der Waals surface area contributed by atoms with Crippen molar-refractivity contribution in [2.75, 3.05) is 5.32 Å². The van der Waals surface area contributed by atoms with Crippen LogP contribution in [0.15, 0.2) is 56.0 Å². The third-order valence-electron chi connectivity index (χ3n) is 4.39. The van der Waals surface area contributed by atoms with Crippen LogP contribution in [0, 0.1) is 0 Å². The largest absolute Gasteiger partial charge is 0.448 e. The van der Waals surface area contributed by atoms with E-state index >= 15 is 0 Å². The summed E-state index contributed by atoms with van der Waals surface area (Å²) in [6.45, 7) is 1.37. The number of hydrogen-bond donors (Lipinski definition) is 1. The summed E-state index contributed by atoms with van der Waals surface area (Å²) in [6, 6.07) is 9.91. The van der Waals surface area contributed by atoms with Gasteiger partial charge in [-0.3, -0.25) is 9.59 Å². The van der Waals surface area contributed by atoms with Crippen molar-refractivity contribution < 1.29 is 27.2 Å². The van der Waals surface area contributed by atoms with E-state index in [0.717, 1.165) is 6.07 Å². The van der Waals surface area contributed by atoms with Crippen LogP contribution in [0.3, 0.4) is 0 Å². The Morgan fingerprint density at radius 1 is 1.12 bits per heavy atom. The van der Waals surface area contributed by atoms with E-state index in [1.807, 2.05) is 0 Å². The molecule has 0 aliphatic rings. The van der Waals surface area contributed by atoms with Gasteiger partial charge in [0.2, 0.25) is 0 Å². The molecule has 0 bridgehead atoms. The Balaban J connectivity index is 1.81. The van der Waals surface area contributed by atoms with Crippen molar-refractivity contribution in [3.8, 4) is 11.5 Å². The van der Waals surface area contributed by atoms with Crippen LogP contribution in [-0.2, 0) is 6.18 Å². The molecule has 7 nitrogen and oxygen atoms in total. The number of Topliss-reactive ketones (excluding diaryl/α,β-unsaturated/α-hetero) is 1. The smallest absolute Gasteiger partial charge is 0.433 e. The lowest BCUT2D eigenvalue weighted by Gasteiger charge is -2.10. The van der Waals surface area contributed by atoms with Crippen LogP contribution in [-0.4, -0.2) is 26.3 Å². The first-order valence-corrected chi connectivity index (χ1v) is 10.5. The minimum atomic E-state index is -4.78. The summed E-state index contributed by atoms with van der Waals surface area (Å²) < 4.78 is 47.4. The van der Waals surface area contributed by atoms with Crippen LogP contribution in [0.2, 0.25) is 0 Å². The number of carbonyl (C=O) groups is 2. The summed E-state index contributed by atoms with van der Waals surface area (Å²) in [5, 5.41) is 6.37. The number of carbonyl (C=O) groups excluding carboxylic acids is 2. The summed E-state index contributed by atoms with van der Waals surface area (Å²) in [6.07, 6.45) is -4.78. The lowest BCUT2D eigenvalue weighted by molar-refractivity contribution is -0.142. The zero-order chi connectivity index (χ0) is 23.2. The van der Waals surface area contributed by atoms with E-state index in [-0.39, 0.29) is 38.7 Å². The third-order valence-corrected chi connectivity index (χ3v) is 5.55. The van der Waals surface area contributed by atoms with E-state index in [0.29, 0.717) is 14.7 Å². The zero-order valence-corrected chi connectivity index (χ0v) is 19.2. The average molecular weight is 572 g/mol. The minimum Gasteiger partial charge on any atom is -0.448 e. The fraction of sp³-hybridized carbons (Fsp3) is 0.100. The number of alkyl halides is 3. The summed E-state index contributed by atoms with van der Waals surface area (Å²) in [4.78, 5) is 28.5. The maximum Gasteiger partial charge on any atom is 0.433 e. The molecular formula is C20H11Br2F3N4O3. The monoisotopic (exact) mass is 570 g/mol. The number of halogens is 5. The standard InChI is InChI=1S/C20H11Br2F3N4O3/c1-9(30)10-3-2-4-11(7-10)26-19(31)17-16(22)18-27-12(13-5-6-15(21)32-13)8-14(20(23,24)25)29(18)28-17/h2-8H,1H3,(H,26,31). The number of ketones is 1. The number of nitrogens with one attached hydrogen (secondary N) is 1. The first-order valence-electron chi connectivity index (χ1n) is 8.89. The number of fused-ring (bicyclic) bond motifs is 1. The number of nitrogens with zero attached hydrogens (tertiary/aromatic N) is 3. The Morgan fingerprint density at radius 2 is 1.88 bits per heavy atom. The molecule has 0 saturated heterocycles. The predicted molar refractivity (Wildman–Crippen MR) is 115 cm³/mol. The average Bonchev–Trinajstić information content (AvgIpc) is 3.30. The Morgan fingerprint density at radius 3 is 2.50 bits per heavy atom. The summed E-state index contributed by atoms with van der Waals surface area (Å²) in [7, 11) is 0.